The number of nitrogens with zero attached hydrogens (tertiary/aromatic N) is 3. The van der Waals surface area contributed by atoms with Crippen LogP contribution in [0.2, 0.25) is 0 Å². The highest BCUT2D eigenvalue weighted by Crippen LogP contribution is 2.25. The van der Waals surface area contributed by atoms with E-state index in [2.05, 4.69) is 21.0 Å². The zero-order valence-corrected chi connectivity index (χ0v) is 12.9. The number of halogens is 2. The van der Waals surface area contributed by atoms with Crippen LogP contribution in [-0.4, -0.2) is 23.1 Å². The molecule has 2 rings (SSSR count). The Bertz CT molecular complexity index is 775. The average molecular weight is 381 g/mol. The van der Waals surface area contributed by atoms with Crippen molar-refractivity contribution < 1.29 is 13.3 Å². The van der Waals surface area contributed by atoms with Crippen molar-refractivity contribution >= 4 is 41.5 Å². The minimum absolute atomic E-state index is 0.187. The number of aromatic nitrogens is 2. The molecule has 0 unspecified atom stereocenters. The summed E-state index contributed by atoms with van der Waals surface area (Å²) < 4.78 is 24.6. The molecule has 0 fully saturated rings. The first-order valence-corrected chi connectivity index (χ1v) is 8.28. The standard InChI is InChI=1S/C10H7BrClN3O4S/c11-8-3-1-2-7(4-8)5-14-6-9(20(12,18)19)10(13-14)15(16)17/h1-4,6H,5H2. The van der Waals surface area contributed by atoms with E-state index in [1.807, 2.05) is 6.07 Å². The number of nitro groups is 1. The Labute approximate surface area is 126 Å². The highest BCUT2D eigenvalue weighted by Gasteiger charge is 2.29. The summed E-state index contributed by atoms with van der Waals surface area (Å²) in [6, 6.07) is 7.19. The van der Waals surface area contributed by atoms with Crippen molar-refractivity contribution in [3.63, 3.8) is 0 Å². The van der Waals surface area contributed by atoms with E-state index >= 15 is 0 Å². The fraction of sp³-hybridized carbons (Fsp3) is 0.100. The van der Waals surface area contributed by atoms with Gasteiger partial charge in [0.2, 0.25) is 4.90 Å². The van der Waals surface area contributed by atoms with Gasteiger partial charge in [-0.05, 0) is 22.6 Å². The number of hydrogen-bond acceptors (Lipinski definition) is 5. The Hall–Kier alpha value is -1.45. The molecule has 0 atom stereocenters. The lowest BCUT2D eigenvalue weighted by atomic mass is 10.2. The van der Waals surface area contributed by atoms with Gasteiger partial charge in [0, 0.05) is 15.2 Å². The van der Waals surface area contributed by atoms with Crippen LogP contribution in [0.1, 0.15) is 5.56 Å². The van der Waals surface area contributed by atoms with Crippen LogP contribution >= 0.6 is 26.6 Å². The fourth-order valence-electron chi connectivity index (χ4n) is 1.59. The molecule has 10 heteroatoms. The lowest BCUT2D eigenvalue weighted by molar-refractivity contribution is -0.392. The molecule has 0 saturated carbocycles. The Balaban J connectivity index is 2.42. The Morgan fingerprint density at radius 1 is 1.45 bits per heavy atom. The fourth-order valence-corrected chi connectivity index (χ4v) is 2.95. The van der Waals surface area contributed by atoms with E-state index in [0.29, 0.717) is 0 Å². The van der Waals surface area contributed by atoms with Crippen LogP contribution in [0, 0.1) is 10.1 Å². The van der Waals surface area contributed by atoms with E-state index in [-0.39, 0.29) is 6.54 Å². The highest BCUT2D eigenvalue weighted by molar-refractivity contribution is 9.10. The van der Waals surface area contributed by atoms with Gasteiger partial charge in [-0.2, -0.15) is 4.68 Å². The molecule has 0 bridgehead atoms. The molecule has 1 aromatic carbocycles. The van der Waals surface area contributed by atoms with Crippen molar-refractivity contribution in [2.45, 2.75) is 11.4 Å². The summed E-state index contributed by atoms with van der Waals surface area (Å²) >= 11 is 3.30. The summed E-state index contributed by atoms with van der Waals surface area (Å²) in [5.41, 5.74) is 0.801. The topological polar surface area (TPSA) is 95.1 Å². The van der Waals surface area contributed by atoms with Gasteiger partial charge in [-0.15, -0.1) is 0 Å². The first kappa shape index (κ1) is 14.9. The van der Waals surface area contributed by atoms with Crippen LogP contribution in [0.5, 0.6) is 0 Å². The molecule has 1 aromatic heterocycles. The molecule has 0 aliphatic carbocycles. The summed E-state index contributed by atoms with van der Waals surface area (Å²) in [7, 11) is 0.936. The summed E-state index contributed by atoms with van der Waals surface area (Å²) in [5, 5.41) is 14.4. The van der Waals surface area contributed by atoms with Crippen molar-refractivity contribution in [3.8, 4) is 0 Å². The van der Waals surface area contributed by atoms with Gasteiger partial charge in [-0.1, -0.05) is 28.1 Å². The lowest BCUT2D eigenvalue weighted by Gasteiger charge is -1.98. The summed E-state index contributed by atoms with van der Waals surface area (Å²) in [6.45, 7) is 0.187. The van der Waals surface area contributed by atoms with E-state index in [0.717, 1.165) is 20.9 Å². The predicted molar refractivity (Wildman–Crippen MR) is 75.2 cm³/mol. The van der Waals surface area contributed by atoms with Gasteiger partial charge >= 0.3 is 5.82 Å². The van der Waals surface area contributed by atoms with E-state index in [4.69, 9.17) is 10.7 Å². The van der Waals surface area contributed by atoms with Crippen LogP contribution in [0.4, 0.5) is 5.82 Å². The van der Waals surface area contributed by atoms with Crippen molar-refractivity contribution in [2.24, 2.45) is 0 Å². The molecule has 0 radical (unpaired) electrons. The first-order valence-electron chi connectivity index (χ1n) is 5.18. The van der Waals surface area contributed by atoms with Gasteiger partial charge in [0.05, 0.1) is 17.8 Å². The van der Waals surface area contributed by atoms with Crippen molar-refractivity contribution in [1.82, 2.24) is 9.78 Å². The van der Waals surface area contributed by atoms with E-state index < -0.39 is 24.7 Å². The molecule has 1 heterocycles. The second kappa shape index (κ2) is 5.51. The predicted octanol–water partition coefficient (Wildman–Crippen LogP) is 2.53. The third kappa shape index (κ3) is 3.35. The largest absolute Gasteiger partial charge is 0.410 e. The molecule has 0 N–H and O–H groups in total. The summed E-state index contributed by atoms with van der Waals surface area (Å²) in [5.74, 6) is -0.782. The Morgan fingerprint density at radius 3 is 2.65 bits per heavy atom. The molecule has 2 aromatic rings. The van der Waals surface area contributed by atoms with E-state index in [1.165, 1.54) is 0 Å². The van der Waals surface area contributed by atoms with Crippen molar-refractivity contribution in [3.05, 3.63) is 50.6 Å². The smallest absolute Gasteiger partial charge is 0.358 e. The van der Waals surface area contributed by atoms with E-state index in [1.54, 1.807) is 18.2 Å². The van der Waals surface area contributed by atoms with Crippen LogP contribution < -0.4 is 0 Å². The van der Waals surface area contributed by atoms with Crippen LogP contribution in [-0.2, 0) is 15.6 Å². The second-order valence-corrected chi connectivity index (χ2v) is 7.29. The first-order chi connectivity index (χ1) is 9.27. The zero-order valence-electron chi connectivity index (χ0n) is 9.73. The SMILES string of the molecule is O=[N+]([O-])c1nn(Cc2cccc(Br)c2)cc1S(=O)(=O)Cl. The van der Waals surface area contributed by atoms with Gasteiger partial charge in [0.15, 0.2) is 0 Å². The lowest BCUT2D eigenvalue weighted by Crippen LogP contribution is -2.01. The number of benzene rings is 1. The maximum absolute atomic E-state index is 11.3. The maximum atomic E-state index is 11.3. The molecule has 20 heavy (non-hydrogen) atoms. The Morgan fingerprint density at radius 2 is 2.15 bits per heavy atom. The quantitative estimate of drug-likeness (QED) is 0.461. The van der Waals surface area contributed by atoms with Crippen molar-refractivity contribution in [1.29, 1.82) is 0 Å². The molecule has 0 aliphatic heterocycles. The van der Waals surface area contributed by atoms with Crippen LogP contribution in [0.15, 0.2) is 39.8 Å². The molecule has 0 aliphatic rings. The maximum Gasteiger partial charge on any atom is 0.410 e. The van der Waals surface area contributed by atoms with Gasteiger partial charge in [0.25, 0.3) is 9.05 Å². The zero-order chi connectivity index (χ0) is 14.9. The monoisotopic (exact) mass is 379 g/mol. The minimum atomic E-state index is -4.22. The van der Waals surface area contributed by atoms with E-state index in [9.17, 15) is 18.5 Å². The average Bonchev–Trinajstić information content (AvgIpc) is 2.73. The van der Waals surface area contributed by atoms with Crippen LogP contribution in [0.25, 0.3) is 0 Å². The van der Waals surface area contributed by atoms with Gasteiger partial charge in [-0.25, -0.2) is 8.42 Å². The van der Waals surface area contributed by atoms with Gasteiger partial charge < -0.3 is 10.1 Å². The Kier molecular flexibility index (Phi) is 4.11. The second-order valence-electron chi connectivity index (χ2n) is 3.84. The molecule has 7 nitrogen and oxygen atoms in total. The molecule has 0 spiro atoms. The molecule has 0 amide bonds. The minimum Gasteiger partial charge on any atom is -0.358 e. The summed E-state index contributed by atoms with van der Waals surface area (Å²) in [6.07, 6.45) is 1.04. The normalized spacial score (nSPS) is 11.5. The number of hydrogen-bond donors (Lipinski definition) is 0. The van der Waals surface area contributed by atoms with Crippen LogP contribution in [0.3, 0.4) is 0 Å². The molecular formula is C10H7BrClN3O4S. The summed E-state index contributed by atoms with van der Waals surface area (Å²) in [4.78, 5) is 9.29. The van der Waals surface area contributed by atoms with Gasteiger partial charge in [0.1, 0.15) is 0 Å². The molecule has 0 saturated heterocycles. The molecular weight excluding hydrogens is 374 g/mol. The third-order valence-electron chi connectivity index (χ3n) is 2.38. The third-order valence-corrected chi connectivity index (χ3v) is 4.18. The highest BCUT2D eigenvalue weighted by atomic mass is 79.9. The van der Waals surface area contributed by atoms with Gasteiger partial charge in [-0.3, -0.25) is 0 Å². The molecule has 106 valence electrons. The van der Waals surface area contributed by atoms with Crippen molar-refractivity contribution in [2.75, 3.05) is 0 Å². The number of rotatable bonds is 4.